The summed E-state index contributed by atoms with van der Waals surface area (Å²) in [5.41, 5.74) is -0.708. The molecular weight excluding hydrogens is 116 g/mol. The van der Waals surface area contributed by atoms with Crippen LogP contribution in [-0.4, -0.2) is 22.4 Å². The van der Waals surface area contributed by atoms with Gasteiger partial charge in [-0.1, -0.05) is 13.3 Å². The second-order valence-electron chi connectivity index (χ2n) is 3.06. The summed E-state index contributed by atoms with van der Waals surface area (Å²) in [6.07, 6.45) is 2.71. The maximum absolute atomic E-state index is 9.27. The van der Waals surface area contributed by atoms with Crippen LogP contribution in [0.15, 0.2) is 0 Å². The minimum Gasteiger partial charge on any atom is -0.393 e. The van der Waals surface area contributed by atoms with Crippen molar-refractivity contribution in [1.29, 1.82) is 0 Å². The number of aliphatic hydroxyl groups excluding tert-OH is 1. The Labute approximate surface area is 55.5 Å². The van der Waals surface area contributed by atoms with E-state index >= 15 is 0 Å². The predicted octanol–water partition coefficient (Wildman–Crippen LogP) is 0.530. The Hall–Kier alpha value is -0.0800. The van der Waals surface area contributed by atoms with Gasteiger partial charge in [0.25, 0.3) is 0 Å². The quantitative estimate of drug-likeness (QED) is 0.572. The van der Waals surface area contributed by atoms with Crippen molar-refractivity contribution < 1.29 is 10.2 Å². The van der Waals surface area contributed by atoms with Crippen LogP contribution >= 0.6 is 0 Å². The molecule has 9 heavy (non-hydrogen) atoms. The molecule has 0 unspecified atom stereocenters. The zero-order chi connectivity index (χ0) is 6.91. The van der Waals surface area contributed by atoms with Crippen LogP contribution in [0.3, 0.4) is 0 Å². The molecule has 0 aromatic rings. The van der Waals surface area contributed by atoms with Crippen molar-refractivity contribution >= 4 is 0 Å². The lowest BCUT2D eigenvalue weighted by Crippen LogP contribution is -2.46. The molecule has 1 fully saturated rings. The van der Waals surface area contributed by atoms with Crippen LogP contribution in [0.1, 0.15) is 26.2 Å². The molecule has 2 N–H and O–H groups in total. The van der Waals surface area contributed by atoms with Gasteiger partial charge in [0.1, 0.15) is 0 Å². The molecule has 0 bridgehead atoms. The molecule has 0 heterocycles. The molecule has 0 aromatic heterocycles. The Morgan fingerprint density at radius 2 is 2.11 bits per heavy atom. The standard InChI is InChI=1S/C7H14O2/c1-2-6-3-7(9,4-6)5-8/h6,8-9H,2-5H2,1H3. The minimum atomic E-state index is -0.708. The third-order valence-corrected chi connectivity index (χ3v) is 2.21. The van der Waals surface area contributed by atoms with Crippen LogP contribution in [0, 0.1) is 5.92 Å². The molecule has 1 aliphatic carbocycles. The molecule has 0 aliphatic heterocycles. The minimum absolute atomic E-state index is 0.0660. The van der Waals surface area contributed by atoms with Crippen LogP contribution in [0.5, 0.6) is 0 Å². The topological polar surface area (TPSA) is 40.5 Å². The van der Waals surface area contributed by atoms with Gasteiger partial charge in [-0.05, 0) is 18.8 Å². The molecule has 0 atom stereocenters. The van der Waals surface area contributed by atoms with Gasteiger partial charge in [-0.2, -0.15) is 0 Å². The van der Waals surface area contributed by atoms with E-state index in [0.29, 0.717) is 5.92 Å². The number of rotatable bonds is 2. The Morgan fingerprint density at radius 1 is 1.56 bits per heavy atom. The number of hydrogen-bond acceptors (Lipinski definition) is 2. The molecule has 1 saturated carbocycles. The van der Waals surface area contributed by atoms with E-state index in [2.05, 4.69) is 6.92 Å². The highest BCUT2D eigenvalue weighted by atomic mass is 16.3. The van der Waals surface area contributed by atoms with Gasteiger partial charge in [0, 0.05) is 0 Å². The first-order chi connectivity index (χ1) is 4.20. The molecule has 1 rings (SSSR count). The molecule has 0 saturated heterocycles. The molecule has 2 heteroatoms. The Morgan fingerprint density at radius 3 is 2.44 bits per heavy atom. The Bertz CT molecular complexity index is 95.1. The maximum atomic E-state index is 9.27. The summed E-state index contributed by atoms with van der Waals surface area (Å²) in [6, 6.07) is 0. The lowest BCUT2D eigenvalue weighted by molar-refractivity contribution is -0.107. The summed E-state index contributed by atoms with van der Waals surface area (Å²) < 4.78 is 0. The molecule has 0 amide bonds. The van der Waals surface area contributed by atoms with E-state index in [9.17, 15) is 5.11 Å². The van der Waals surface area contributed by atoms with Gasteiger partial charge in [-0.3, -0.25) is 0 Å². The summed E-state index contributed by atoms with van der Waals surface area (Å²) >= 11 is 0. The zero-order valence-electron chi connectivity index (χ0n) is 5.80. The summed E-state index contributed by atoms with van der Waals surface area (Å²) in [7, 11) is 0. The van der Waals surface area contributed by atoms with Gasteiger partial charge in [0.05, 0.1) is 12.2 Å². The van der Waals surface area contributed by atoms with Crippen LogP contribution in [0.4, 0.5) is 0 Å². The molecular formula is C7H14O2. The van der Waals surface area contributed by atoms with E-state index < -0.39 is 5.60 Å². The average Bonchev–Trinajstić information content (AvgIpc) is 1.81. The molecule has 54 valence electrons. The largest absolute Gasteiger partial charge is 0.393 e. The van der Waals surface area contributed by atoms with E-state index in [-0.39, 0.29) is 6.61 Å². The van der Waals surface area contributed by atoms with E-state index in [0.717, 1.165) is 19.3 Å². The average molecular weight is 130 g/mol. The van der Waals surface area contributed by atoms with Crippen molar-refractivity contribution in [2.75, 3.05) is 6.61 Å². The SMILES string of the molecule is CCC1CC(O)(CO)C1. The van der Waals surface area contributed by atoms with Crippen LogP contribution in [-0.2, 0) is 0 Å². The molecule has 0 aromatic carbocycles. The van der Waals surface area contributed by atoms with Crippen molar-refractivity contribution in [2.24, 2.45) is 5.92 Å². The first-order valence-corrected chi connectivity index (χ1v) is 3.53. The van der Waals surface area contributed by atoms with E-state index in [1.165, 1.54) is 0 Å². The fourth-order valence-corrected chi connectivity index (χ4v) is 1.43. The van der Waals surface area contributed by atoms with Gasteiger partial charge in [-0.15, -0.1) is 0 Å². The summed E-state index contributed by atoms with van der Waals surface area (Å²) in [6.45, 7) is 2.05. The van der Waals surface area contributed by atoms with Gasteiger partial charge < -0.3 is 10.2 Å². The molecule has 2 nitrogen and oxygen atoms in total. The first-order valence-electron chi connectivity index (χ1n) is 3.53. The normalized spacial score (nSPS) is 42.3. The highest BCUT2D eigenvalue weighted by Crippen LogP contribution is 2.38. The van der Waals surface area contributed by atoms with Gasteiger partial charge in [-0.25, -0.2) is 0 Å². The third-order valence-electron chi connectivity index (χ3n) is 2.21. The van der Waals surface area contributed by atoms with E-state index in [1.807, 2.05) is 0 Å². The number of hydrogen-bond donors (Lipinski definition) is 2. The lowest BCUT2D eigenvalue weighted by Gasteiger charge is -2.41. The van der Waals surface area contributed by atoms with Crippen LogP contribution in [0.25, 0.3) is 0 Å². The molecule has 1 aliphatic rings. The Kier molecular flexibility index (Phi) is 1.78. The van der Waals surface area contributed by atoms with Crippen molar-refractivity contribution in [3.63, 3.8) is 0 Å². The van der Waals surface area contributed by atoms with Gasteiger partial charge in [0.2, 0.25) is 0 Å². The molecule has 0 spiro atoms. The second-order valence-corrected chi connectivity index (χ2v) is 3.06. The lowest BCUT2D eigenvalue weighted by atomic mass is 9.70. The zero-order valence-corrected chi connectivity index (χ0v) is 5.80. The van der Waals surface area contributed by atoms with Crippen LogP contribution in [0.2, 0.25) is 0 Å². The predicted molar refractivity (Wildman–Crippen MR) is 35.1 cm³/mol. The van der Waals surface area contributed by atoms with Crippen LogP contribution < -0.4 is 0 Å². The fourth-order valence-electron chi connectivity index (χ4n) is 1.43. The monoisotopic (exact) mass is 130 g/mol. The number of aliphatic hydroxyl groups is 2. The smallest absolute Gasteiger partial charge is 0.0882 e. The van der Waals surface area contributed by atoms with Crippen molar-refractivity contribution in [2.45, 2.75) is 31.8 Å². The van der Waals surface area contributed by atoms with E-state index in [1.54, 1.807) is 0 Å². The first kappa shape index (κ1) is 7.03. The van der Waals surface area contributed by atoms with E-state index in [4.69, 9.17) is 5.11 Å². The van der Waals surface area contributed by atoms with Crippen molar-refractivity contribution in [1.82, 2.24) is 0 Å². The summed E-state index contributed by atoms with van der Waals surface area (Å²) in [5.74, 6) is 0.655. The third kappa shape index (κ3) is 1.25. The molecule has 0 radical (unpaired) electrons. The summed E-state index contributed by atoms with van der Waals surface area (Å²) in [4.78, 5) is 0. The van der Waals surface area contributed by atoms with Gasteiger partial charge >= 0.3 is 0 Å². The summed E-state index contributed by atoms with van der Waals surface area (Å²) in [5, 5.41) is 17.9. The van der Waals surface area contributed by atoms with Crippen molar-refractivity contribution in [3.05, 3.63) is 0 Å². The second kappa shape index (κ2) is 2.27. The van der Waals surface area contributed by atoms with Crippen molar-refractivity contribution in [3.8, 4) is 0 Å². The highest BCUT2D eigenvalue weighted by Gasteiger charge is 2.40. The highest BCUT2D eigenvalue weighted by molar-refractivity contribution is 4.92. The maximum Gasteiger partial charge on any atom is 0.0882 e. The Balaban J connectivity index is 2.24. The van der Waals surface area contributed by atoms with Gasteiger partial charge in [0.15, 0.2) is 0 Å². The fraction of sp³-hybridized carbons (Fsp3) is 1.00.